The lowest BCUT2D eigenvalue weighted by atomic mass is 10.2. The van der Waals surface area contributed by atoms with Crippen LogP contribution in [0, 0.1) is 5.92 Å². The minimum Gasteiger partial charge on any atom is -0.478 e. The highest BCUT2D eigenvalue weighted by molar-refractivity contribution is 7.90. The molecule has 110 valence electrons. The molecule has 0 amide bonds. The van der Waals surface area contributed by atoms with E-state index < -0.39 is 16.2 Å². The second-order valence-corrected chi connectivity index (χ2v) is 5.97. The molecule has 1 rings (SSSR count). The number of carbonyl (C=O) groups is 1. The second kappa shape index (κ2) is 7.01. The van der Waals surface area contributed by atoms with Crippen LogP contribution in [0.15, 0.2) is 24.3 Å². The number of aliphatic carboxylic acids is 1. The molecule has 0 saturated heterocycles. The first-order valence-corrected chi connectivity index (χ1v) is 7.42. The molecule has 1 aromatic rings. The van der Waals surface area contributed by atoms with Crippen LogP contribution in [0.25, 0.3) is 6.08 Å². The van der Waals surface area contributed by atoms with Crippen LogP contribution in [0.3, 0.4) is 0 Å². The van der Waals surface area contributed by atoms with E-state index in [1.807, 2.05) is 13.8 Å². The monoisotopic (exact) mass is 299 g/mol. The molecular weight excluding hydrogens is 282 g/mol. The highest BCUT2D eigenvalue weighted by Gasteiger charge is 2.10. The fourth-order valence-corrected chi connectivity index (χ4v) is 2.22. The molecule has 1 aromatic heterocycles. The third kappa shape index (κ3) is 6.30. The summed E-state index contributed by atoms with van der Waals surface area (Å²) in [5, 5.41) is 8.52. The SMILES string of the molecule is CC(C)CNS(=O)(=O)Nc1cccc(/C=C/C(=O)O)n1. The van der Waals surface area contributed by atoms with Gasteiger partial charge in [-0.1, -0.05) is 19.9 Å². The van der Waals surface area contributed by atoms with Gasteiger partial charge in [0.1, 0.15) is 5.82 Å². The van der Waals surface area contributed by atoms with Gasteiger partial charge in [-0.15, -0.1) is 0 Å². The van der Waals surface area contributed by atoms with Crippen molar-refractivity contribution < 1.29 is 18.3 Å². The molecule has 0 aliphatic carbocycles. The normalized spacial score (nSPS) is 11.9. The number of hydrogen-bond acceptors (Lipinski definition) is 4. The molecule has 0 aromatic carbocycles. The van der Waals surface area contributed by atoms with Gasteiger partial charge in [0.25, 0.3) is 10.2 Å². The van der Waals surface area contributed by atoms with Crippen molar-refractivity contribution in [2.45, 2.75) is 13.8 Å². The third-order valence-electron chi connectivity index (χ3n) is 2.09. The van der Waals surface area contributed by atoms with Gasteiger partial charge in [0.05, 0.1) is 5.69 Å². The van der Waals surface area contributed by atoms with Crippen LogP contribution in [-0.2, 0) is 15.0 Å². The minimum absolute atomic E-state index is 0.119. The lowest BCUT2D eigenvalue weighted by molar-refractivity contribution is -0.131. The molecule has 0 unspecified atom stereocenters. The van der Waals surface area contributed by atoms with Gasteiger partial charge < -0.3 is 5.11 Å². The van der Waals surface area contributed by atoms with Crippen LogP contribution in [0.1, 0.15) is 19.5 Å². The van der Waals surface area contributed by atoms with Crippen molar-refractivity contribution in [3.05, 3.63) is 30.0 Å². The van der Waals surface area contributed by atoms with Crippen LogP contribution in [0.4, 0.5) is 5.82 Å². The number of pyridine rings is 1. The number of nitrogens with zero attached hydrogens (tertiary/aromatic N) is 1. The Kier molecular flexibility index (Phi) is 5.66. The van der Waals surface area contributed by atoms with E-state index in [4.69, 9.17) is 5.11 Å². The molecule has 0 radical (unpaired) electrons. The topological polar surface area (TPSA) is 108 Å². The maximum atomic E-state index is 11.7. The Labute approximate surface area is 117 Å². The molecule has 1 heterocycles. The van der Waals surface area contributed by atoms with Gasteiger partial charge in [-0.3, -0.25) is 4.72 Å². The number of aromatic nitrogens is 1. The second-order valence-electron chi connectivity index (χ2n) is 4.47. The van der Waals surface area contributed by atoms with E-state index >= 15 is 0 Å². The summed E-state index contributed by atoms with van der Waals surface area (Å²) in [4.78, 5) is 14.4. The first-order chi connectivity index (χ1) is 9.28. The van der Waals surface area contributed by atoms with E-state index in [0.29, 0.717) is 12.2 Å². The van der Waals surface area contributed by atoms with Gasteiger partial charge in [-0.25, -0.2) is 9.78 Å². The van der Waals surface area contributed by atoms with E-state index in [2.05, 4.69) is 14.4 Å². The first kappa shape index (κ1) is 16.1. The molecule has 20 heavy (non-hydrogen) atoms. The summed E-state index contributed by atoms with van der Waals surface area (Å²) in [7, 11) is -3.68. The van der Waals surface area contributed by atoms with E-state index in [-0.39, 0.29) is 11.7 Å². The summed E-state index contributed by atoms with van der Waals surface area (Å²) in [5.41, 5.74) is 0.344. The quantitative estimate of drug-likeness (QED) is 0.653. The summed E-state index contributed by atoms with van der Waals surface area (Å²) in [6.07, 6.45) is 2.21. The van der Waals surface area contributed by atoms with Crippen LogP contribution >= 0.6 is 0 Å². The Morgan fingerprint density at radius 2 is 2.15 bits per heavy atom. The van der Waals surface area contributed by atoms with Gasteiger partial charge in [0.2, 0.25) is 0 Å². The lowest BCUT2D eigenvalue weighted by Crippen LogP contribution is -2.33. The van der Waals surface area contributed by atoms with Crippen molar-refractivity contribution in [1.29, 1.82) is 0 Å². The number of rotatable bonds is 7. The van der Waals surface area contributed by atoms with Crippen molar-refractivity contribution in [2.24, 2.45) is 5.92 Å². The molecule has 7 nitrogen and oxygen atoms in total. The minimum atomic E-state index is -3.68. The Hall–Kier alpha value is -1.93. The van der Waals surface area contributed by atoms with Gasteiger partial charge in [0.15, 0.2) is 0 Å². The van der Waals surface area contributed by atoms with Gasteiger partial charge in [-0.05, 0) is 24.1 Å². The Balaban J connectivity index is 2.78. The number of hydrogen-bond donors (Lipinski definition) is 3. The molecule has 0 fully saturated rings. The molecule has 0 saturated carbocycles. The Morgan fingerprint density at radius 3 is 2.75 bits per heavy atom. The highest BCUT2D eigenvalue weighted by Crippen LogP contribution is 2.08. The van der Waals surface area contributed by atoms with E-state index in [1.54, 1.807) is 12.1 Å². The molecular formula is C12H17N3O4S. The van der Waals surface area contributed by atoms with Crippen LogP contribution in [-0.4, -0.2) is 31.0 Å². The molecule has 0 aliphatic rings. The molecule has 0 aliphatic heterocycles. The lowest BCUT2D eigenvalue weighted by Gasteiger charge is -2.10. The number of anilines is 1. The Bertz CT molecular complexity index is 596. The summed E-state index contributed by atoms with van der Waals surface area (Å²) in [5.74, 6) is -0.797. The number of nitrogens with one attached hydrogen (secondary N) is 2. The van der Waals surface area contributed by atoms with Crippen molar-refractivity contribution >= 4 is 28.1 Å². The highest BCUT2D eigenvalue weighted by atomic mass is 32.2. The molecule has 8 heteroatoms. The summed E-state index contributed by atoms with van der Waals surface area (Å²) in [6.45, 7) is 4.09. The van der Waals surface area contributed by atoms with E-state index in [1.165, 1.54) is 12.1 Å². The van der Waals surface area contributed by atoms with Crippen molar-refractivity contribution in [3.8, 4) is 0 Å². The molecule has 0 bridgehead atoms. The van der Waals surface area contributed by atoms with E-state index in [9.17, 15) is 13.2 Å². The average molecular weight is 299 g/mol. The van der Waals surface area contributed by atoms with Crippen LogP contribution in [0.2, 0.25) is 0 Å². The standard InChI is InChI=1S/C12H17N3O4S/c1-9(2)8-13-20(18,19)15-11-5-3-4-10(14-11)6-7-12(16)17/h3-7,9,13H,8H2,1-2H3,(H,14,15)(H,16,17)/b7-6+. The smallest absolute Gasteiger partial charge is 0.328 e. The van der Waals surface area contributed by atoms with Gasteiger partial charge >= 0.3 is 5.97 Å². The van der Waals surface area contributed by atoms with E-state index in [0.717, 1.165) is 6.08 Å². The summed E-state index contributed by atoms with van der Waals surface area (Å²) >= 11 is 0. The zero-order chi connectivity index (χ0) is 15.2. The van der Waals surface area contributed by atoms with Crippen LogP contribution < -0.4 is 9.44 Å². The third-order valence-corrected chi connectivity index (χ3v) is 3.11. The number of carboxylic acids is 1. The summed E-state index contributed by atoms with van der Waals surface area (Å²) in [6, 6.07) is 4.63. The fourth-order valence-electron chi connectivity index (χ4n) is 1.21. The van der Waals surface area contributed by atoms with Crippen molar-refractivity contribution in [2.75, 3.05) is 11.3 Å². The maximum absolute atomic E-state index is 11.7. The van der Waals surface area contributed by atoms with Crippen molar-refractivity contribution in [3.63, 3.8) is 0 Å². The average Bonchev–Trinajstić information content (AvgIpc) is 2.34. The molecule has 0 atom stereocenters. The van der Waals surface area contributed by atoms with Gasteiger partial charge in [-0.2, -0.15) is 13.1 Å². The number of carboxylic acid groups (broad SMARTS) is 1. The largest absolute Gasteiger partial charge is 0.478 e. The predicted molar refractivity (Wildman–Crippen MR) is 76.3 cm³/mol. The van der Waals surface area contributed by atoms with Gasteiger partial charge in [0, 0.05) is 12.6 Å². The maximum Gasteiger partial charge on any atom is 0.328 e. The zero-order valence-corrected chi connectivity index (χ0v) is 12.0. The fraction of sp³-hybridized carbons (Fsp3) is 0.333. The predicted octanol–water partition coefficient (Wildman–Crippen LogP) is 1.08. The van der Waals surface area contributed by atoms with Crippen molar-refractivity contribution in [1.82, 2.24) is 9.71 Å². The zero-order valence-electron chi connectivity index (χ0n) is 11.2. The van der Waals surface area contributed by atoms with Crippen LogP contribution in [0.5, 0.6) is 0 Å². The molecule has 0 spiro atoms. The molecule has 3 N–H and O–H groups in total. The summed E-state index contributed by atoms with van der Waals surface area (Å²) < 4.78 is 28.1. The first-order valence-electron chi connectivity index (χ1n) is 5.94. The Morgan fingerprint density at radius 1 is 1.45 bits per heavy atom.